The van der Waals surface area contributed by atoms with Crippen molar-refractivity contribution in [2.45, 2.75) is 0 Å². The van der Waals surface area contributed by atoms with Gasteiger partial charge in [0.25, 0.3) is 0 Å². The molecule has 0 unspecified atom stereocenters. The number of nitrogens with two attached hydrogens (primary N) is 1. The summed E-state index contributed by atoms with van der Waals surface area (Å²) >= 11 is 5.69. The molecule has 100 valence electrons. The molecule has 0 aliphatic heterocycles. The van der Waals surface area contributed by atoms with Gasteiger partial charge in [-0.2, -0.15) is 0 Å². The number of halogens is 2. The number of nitrogen functional groups attached to an aromatic ring is 1. The predicted octanol–water partition coefficient (Wildman–Crippen LogP) is 3.84. The van der Waals surface area contributed by atoms with Crippen molar-refractivity contribution in [2.75, 3.05) is 24.8 Å². The van der Waals surface area contributed by atoms with Gasteiger partial charge in [-0.15, -0.1) is 0 Å². The Kier molecular flexibility index (Phi) is 3.81. The number of hydrogen-bond donors (Lipinski definition) is 1. The quantitative estimate of drug-likeness (QED) is 0.868. The first kappa shape index (κ1) is 13.5. The molecule has 3 nitrogen and oxygen atoms in total. The van der Waals surface area contributed by atoms with Crippen LogP contribution in [-0.4, -0.2) is 14.2 Å². The molecule has 0 aliphatic rings. The molecule has 0 spiro atoms. The van der Waals surface area contributed by atoms with Gasteiger partial charge in [0.2, 0.25) is 0 Å². The lowest BCUT2D eigenvalue weighted by Crippen LogP contribution is -2.12. The Hall–Kier alpha value is -1.94. The lowest BCUT2D eigenvalue weighted by Gasteiger charge is -2.21. The van der Waals surface area contributed by atoms with Crippen molar-refractivity contribution in [3.05, 3.63) is 47.2 Å². The highest BCUT2D eigenvalue weighted by molar-refractivity contribution is 6.31. The Morgan fingerprint density at radius 3 is 2.42 bits per heavy atom. The number of rotatable bonds is 3. The van der Waals surface area contributed by atoms with Crippen molar-refractivity contribution < 1.29 is 9.13 Å². The monoisotopic (exact) mass is 280 g/mol. The average molecular weight is 281 g/mol. The Morgan fingerprint density at radius 1 is 1.21 bits per heavy atom. The molecule has 0 aliphatic carbocycles. The molecule has 0 heterocycles. The Balaban J connectivity index is 2.37. The molecule has 2 aromatic rings. The van der Waals surface area contributed by atoms with E-state index in [2.05, 4.69) is 0 Å². The molecule has 2 N–H and O–H groups in total. The van der Waals surface area contributed by atoms with E-state index in [1.807, 2.05) is 24.3 Å². The molecule has 19 heavy (non-hydrogen) atoms. The summed E-state index contributed by atoms with van der Waals surface area (Å²) in [5.74, 6) is 0.263. The van der Waals surface area contributed by atoms with Crippen LogP contribution in [0.4, 0.5) is 21.5 Å². The van der Waals surface area contributed by atoms with Crippen molar-refractivity contribution >= 4 is 28.7 Å². The van der Waals surface area contributed by atoms with Gasteiger partial charge in [-0.1, -0.05) is 11.6 Å². The summed E-state index contributed by atoms with van der Waals surface area (Å²) in [6.45, 7) is 0. The standard InChI is InChI=1S/C14H14ClFN2O/c1-18(9-3-5-10(19-2)6-4-9)14-8-12(16)11(15)7-13(14)17/h3-8H,17H2,1-2H3. The van der Waals surface area contributed by atoms with Crippen LogP contribution in [0, 0.1) is 5.82 Å². The second kappa shape index (κ2) is 5.36. The largest absolute Gasteiger partial charge is 0.497 e. The van der Waals surface area contributed by atoms with Crippen LogP contribution in [0.3, 0.4) is 0 Å². The van der Waals surface area contributed by atoms with Gasteiger partial charge in [0.05, 0.1) is 23.5 Å². The molecule has 2 rings (SSSR count). The third-order valence-corrected chi connectivity index (χ3v) is 3.18. The van der Waals surface area contributed by atoms with Crippen LogP contribution in [-0.2, 0) is 0 Å². The normalized spacial score (nSPS) is 10.3. The van der Waals surface area contributed by atoms with E-state index >= 15 is 0 Å². The zero-order valence-corrected chi connectivity index (χ0v) is 11.4. The van der Waals surface area contributed by atoms with E-state index in [0.717, 1.165) is 11.4 Å². The van der Waals surface area contributed by atoms with E-state index in [1.165, 1.54) is 12.1 Å². The van der Waals surface area contributed by atoms with E-state index in [-0.39, 0.29) is 5.02 Å². The third kappa shape index (κ3) is 2.74. The van der Waals surface area contributed by atoms with Gasteiger partial charge >= 0.3 is 0 Å². The highest BCUT2D eigenvalue weighted by Gasteiger charge is 2.11. The number of hydrogen-bond acceptors (Lipinski definition) is 3. The Morgan fingerprint density at radius 2 is 1.84 bits per heavy atom. The maximum absolute atomic E-state index is 13.5. The van der Waals surface area contributed by atoms with Gasteiger partial charge in [0, 0.05) is 18.8 Å². The molecule has 2 aromatic carbocycles. The van der Waals surface area contributed by atoms with Gasteiger partial charge in [-0.25, -0.2) is 4.39 Å². The molecule has 0 atom stereocenters. The van der Waals surface area contributed by atoms with Crippen molar-refractivity contribution in [1.29, 1.82) is 0 Å². The van der Waals surface area contributed by atoms with Gasteiger partial charge < -0.3 is 15.4 Å². The van der Waals surface area contributed by atoms with Crippen molar-refractivity contribution in [2.24, 2.45) is 0 Å². The second-order valence-corrected chi connectivity index (χ2v) is 4.49. The topological polar surface area (TPSA) is 38.5 Å². The molecule has 5 heteroatoms. The first-order chi connectivity index (χ1) is 9.02. The first-order valence-electron chi connectivity index (χ1n) is 5.65. The summed E-state index contributed by atoms with van der Waals surface area (Å²) in [4.78, 5) is 1.79. The van der Waals surface area contributed by atoms with Crippen LogP contribution in [0.1, 0.15) is 0 Å². The van der Waals surface area contributed by atoms with E-state index in [9.17, 15) is 4.39 Å². The molecular formula is C14H14ClFN2O. The van der Waals surface area contributed by atoms with E-state index in [1.54, 1.807) is 19.1 Å². The predicted molar refractivity (Wildman–Crippen MR) is 76.9 cm³/mol. The van der Waals surface area contributed by atoms with Gasteiger partial charge in [-0.3, -0.25) is 0 Å². The first-order valence-corrected chi connectivity index (χ1v) is 6.03. The maximum atomic E-state index is 13.5. The molecule has 0 saturated carbocycles. The molecule has 0 saturated heterocycles. The van der Waals surface area contributed by atoms with Crippen molar-refractivity contribution in [3.63, 3.8) is 0 Å². The summed E-state index contributed by atoms with van der Waals surface area (Å²) in [6.07, 6.45) is 0. The summed E-state index contributed by atoms with van der Waals surface area (Å²) in [5.41, 5.74) is 7.72. The van der Waals surface area contributed by atoms with Gasteiger partial charge in [0.1, 0.15) is 11.6 Å². The lowest BCUT2D eigenvalue weighted by molar-refractivity contribution is 0.415. The highest BCUT2D eigenvalue weighted by Crippen LogP contribution is 2.33. The minimum atomic E-state index is -0.494. The van der Waals surface area contributed by atoms with Crippen molar-refractivity contribution in [3.8, 4) is 5.75 Å². The molecule has 0 fully saturated rings. The fourth-order valence-corrected chi connectivity index (χ4v) is 1.96. The van der Waals surface area contributed by atoms with E-state index in [0.29, 0.717) is 11.4 Å². The Labute approximate surface area is 116 Å². The fraction of sp³-hybridized carbons (Fsp3) is 0.143. The van der Waals surface area contributed by atoms with Gasteiger partial charge in [0.15, 0.2) is 0 Å². The van der Waals surface area contributed by atoms with Crippen molar-refractivity contribution in [1.82, 2.24) is 0 Å². The lowest BCUT2D eigenvalue weighted by atomic mass is 10.2. The third-order valence-electron chi connectivity index (χ3n) is 2.89. The molecule has 0 bridgehead atoms. The van der Waals surface area contributed by atoms with E-state index < -0.39 is 5.82 Å². The SMILES string of the molecule is COc1ccc(N(C)c2cc(F)c(Cl)cc2N)cc1. The van der Waals surface area contributed by atoms with E-state index in [4.69, 9.17) is 22.1 Å². The number of anilines is 3. The maximum Gasteiger partial charge on any atom is 0.144 e. The minimum Gasteiger partial charge on any atom is -0.497 e. The minimum absolute atomic E-state index is 0.0179. The molecular weight excluding hydrogens is 267 g/mol. The molecule has 0 amide bonds. The average Bonchev–Trinajstić information content (AvgIpc) is 2.42. The summed E-state index contributed by atoms with van der Waals surface area (Å²) in [7, 11) is 3.41. The number of nitrogens with zero attached hydrogens (tertiary/aromatic N) is 1. The molecule has 0 aromatic heterocycles. The zero-order valence-electron chi connectivity index (χ0n) is 10.7. The van der Waals surface area contributed by atoms with Gasteiger partial charge in [-0.05, 0) is 30.3 Å². The fourth-order valence-electron chi connectivity index (χ4n) is 1.79. The summed E-state index contributed by atoms with van der Waals surface area (Å²) in [5, 5.41) is 0.0179. The smallest absolute Gasteiger partial charge is 0.144 e. The number of methoxy groups -OCH3 is 1. The molecule has 0 radical (unpaired) electrons. The number of benzene rings is 2. The van der Waals surface area contributed by atoms with Crippen LogP contribution >= 0.6 is 11.6 Å². The summed E-state index contributed by atoms with van der Waals surface area (Å²) < 4.78 is 18.6. The van der Waals surface area contributed by atoms with Crippen LogP contribution in [0.5, 0.6) is 5.75 Å². The Bertz CT molecular complexity index is 587. The highest BCUT2D eigenvalue weighted by atomic mass is 35.5. The second-order valence-electron chi connectivity index (χ2n) is 4.08. The number of ether oxygens (including phenoxy) is 1. The zero-order chi connectivity index (χ0) is 14.0. The van der Waals surface area contributed by atoms with Crippen LogP contribution in [0.15, 0.2) is 36.4 Å². The van der Waals surface area contributed by atoms with Crippen LogP contribution in [0.25, 0.3) is 0 Å². The summed E-state index contributed by atoms with van der Waals surface area (Å²) in [6, 6.07) is 10.1. The van der Waals surface area contributed by atoms with Crippen LogP contribution in [0.2, 0.25) is 5.02 Å². The van der Waals surface area contributed by atoms with Crippen LogP contribution < -0.4 is 15.4 Å².